The normalized spacial score (nSPS) is 11.2. The highest BCUT2D eigenvalue weighted by molar-refractivity contribution is 9.10. The number of hydrogen-bond donors (Lipinski definition) is 1. The lowest BCUT2D eigenvalue weighted by Gasteiger charge is -2.09. The molecule has 0 unspecified atom stereocenters. The van der Waals surface area contributed by atoms with Crippen LogP contribution in [0.3, 0.4) is 0 Å². The lowest BCUT2D eigenvalue weighted by Crippen LogP contribution is -2.12. The highest BCUT2D eigenvalue weighted by Gasteiger charge is 2.10. The summed E-state index contributed by atoms with van der Waals surface area (Å²) in [4.78, 5) is 0.0524. The Morgan fingerprint density at radius 1 is 1.53 bits per heavy atom. The van der Waals surface area contributed by atoms with Gasteiger partial charge in [-0.05, 0) is 41.1 Å². The smallest absolute Gasteiger partial charge is 0.238 e. The third-order valence-electron chi connectivity index (χ3n) is 2.02. The second kappa shape index (κ2) is 5.66. The third kappa shape index (κ3) is 4.49. The molecule has 0 aliphatic rings. The molecule has 94 valence electrons. The van der Waals surface area contributed by atoms with Crippen molar-refractivity contribution in [1.29, 1.82) is 0 Å². The van der Waals surface area contributed by atoms with Crippen molar-refractivity contribution in [2.75, 3.05) is 6.61 Å². The third-order valence-corrected chi connectivity index (χ3v) is 3.55. The fourth-order valence-corrected chi connectivity index (χ4v) is 2.30. The molecule has 0 radical (unpaired) electrons. The van der Waals surface area contributed by atoms with E-state index in [1.54, 1.807) is 6.07 Å². The summed E-state index contributed by atoms with van der Waals surface area (Å²) in [6.45, 7) is 6.19. The highest BCUT2D eigenvalue weighted by atomic mass is 79.9. The van der Waals surface area contributed by atoms with Crippen LogP contribution in [0.15, 0.2) is 39.7 Å². The molecule has 6 heteroatoms. The second-order valence-electron chi connectivity index (χ2n) is 3.69. The molecule has 2 N–H and O–H groups in total. The summed E-state index contributed by atoms with van der Waals surface area (Å²) in [7, 11) is -3.68. The van der Waals surface area contributed by atoms with Gasteiger partial charge in [-0.1, -0.05) is 5.57 Å². The van der Waals surface area contributed by atoms with Crippen LogP contribution in [0, 0.1) is 0 Å². The van der Waals surface area contributed by atoms with E-state index >= 15 is 0 Å². The Morgan fingerprint density at radius 2 is 2.18 bits per heavy atom. The average Bonchev–Trinajstić information content (AvgIpc) is 2.18. The highest BCUT2D eigenvalue weighted by Crippen LogP contribution is 2.27. The number of hydrogen-bond acceptors (Lipinski definition) is 3. The van der Waals surface area contributed by atoms with Gasteiger partial charge in [0.25, 0.3) is 0 Å². The standard InChI is InChI=1S/C11H14BrNO3S/c1-8(2)5-6-16-11-4-3-9(7-10(11)12)17(13,14)15/h3-4,7H,1,5-6H2,2H3,(H2,13,14,15). The molecular formula is C11H14BrNO3S. The van der Waals surface area contributed by atoms with Gasteiger partial charge in [-0.25, -0.2) is 13.6 Å². The van der Waals surface area contributed by atoms with Crippen molar-refractivity contribution in [3.05, 3.63) is 34.8 Å². The molecule has 0 fully saturated rings. The topological polar surface area (TPSA) is 69.4 Å². The number of benzene rings is 1. The summed E-state index contributed by atoms with van der Waals surface area (Å²) in [5.41, 5.74) is 1.03. The summed E-state index contributed by atoms with van der Waals surface area (Å²) >= 11 is 3.24. The van der Waals surface area contributed by atoms with E-state index in [1.165, 1.54) is 12.1 Å². The lowest BCUT2D eigenvalue weighted by atomic mass is 10.2. The first-order chi connectivity index (χ1) is 7.80. The van der Waals surface area contributed by atoms with Gasteiger partial charge < -0.3 is 4.74 Å². The summed E-state index contributed by atoms with van der Waals surface area (Å²) in [5.74, 6) is 0.582. The minimum Gasteiger partial charge on any atom is -0.492 e. The van der Waals surface area contributed by atoms with E-state index < -0.39 is 10.0 Å². The summed E-state index contributed by atoms with van der Waals surface area (Å²) < 4.78 is 28.2. The first-order valence-electron chi connectivity index (χ1n) is 4.90. The molecule has 0 atom stereocenters. The number of sulfonamides is 1. The Kier molecular flexibility index (Phi) is 4.73. The van der Waals surface area contributed by atoms with Crippen LogP contribution in [0.4, 0.5) is 0 Å². The van der Waals surface area contributed by atoms with Crippen LogP contribution in [-0.2, 0) is 10.0 Å². The van der Waals surface area contributed by atoms with Gasteiger partial charge in [0.15, 0.2) is 0 Å². The van der Waals surface area contributed by atoms with Gasteiger partial charge in [0.1, 0.15) is 5.75 Å². The van der Waals surface area contributed by atoms with Gasteiger partial charge in [0.2, 0.25) is 10.0 Å². The van der Waals surface area contributed by atoms with Crippen molar-refractivity contribution < 1.29 is 13.2 Å². The number of rotatable bonds is 5. The summed E-state index contributed by atoms with van der Waals surface area (Å²) in [5, 5.41) is 5.01. The molecule has 1 rings (SSSR count). The van der Waals surface area contributed by atoms with Gasteiger partial charge in [0, 0.05) is 6.42 Å². The first-order valence-corrected chi connectivity index (χ1v) is 7.24. The van der Waals surface area contributed by atoms with Crippen LogP contribution in [0.25, 0.3) is 0 Å². The molecule has 0 spiro atoms. The molecule has 0 saturated carbocycles. The van der Waals surface area contributed by atoms with Crippen LogP contribution in [0.2, 0.25) is 0 Å². The molecule has 0 amide bonds. The molecule has 0 aromatic heterocycles. The van der Waals surface area contributed by atoms with E-state index in [-0.39, 0.29) is 4.90 Å². The SMILES string of the molecule is C=C(C)CCOc1ccc(S(N)(=O)=O)cc1Br. The number of nitrogens with two attached hydrogens (primary N) is 1. The zero-order chi connectivity index (χ0) is 13.1. The lowest BCUT2D eigenvalue weighted by molar-refractivity contribution is 0.319. The van der Waals surface area contributed by atoms with Gasteiger partial charge in [-0.3, -0.25) is 0 Å². The molecule has 0 heterocycles. The van der Waals surface area contributed by atoms with Crippen LogP contribution >= 0.6 is 15.9 Å². The van der Waals surface area contributed by atoms with Crippen molar-refractivity contribution >= 4 is 26.0 Å². The van der Waals surface area contributed by atoms with Gasteiger partial charge in [0.05, 0.1) is 16.0 Å². The Labute approximate surface area is 110 Å². The van der Waals surface area contributed by atoms with E-state index in [4.69, 9.17) is 9.88 Å². The molecule has 4 nitrogen and oxygen atoms in total. The molecule has 17 heavy (non-hydrogen) atoms. The van der Waals surface area contributed by atoms with Crippen molar-refractivity contribution in [2.45, 2.75) is 18.2 Å². The maximum absolute atomic E-state index is 11.1. The van der Waals surface area contributed by atoms with Crippen molar-refractivity contribution in [3.8, 4) is 5.75 Å². The Bertz CT molecular complexity index is 526. The van der Waals surface area contributed by atoms with Gasteiger partial charge >= 0.3 is 0 Å². The largest absolute Gasteiger partial charge is 0.492 e. The van der Waals surface area contributed by atoms with E-state index in [9.17, 15) is 8.42 Å². The van der Waals surface area contributed by atoms with E-state index in [0.29, 0.717) is 16.8 Å². The van der Waals surface area contributed by atoms with E-state index in [0.717, 1.165) is 12.0 Å². The summed E-state index contributed by atoms with van der Waals surface area (Å²) in [6.07, 6.45) is 0.753. The minimum absolute atomic E-state index is 0.0524. The number of primary sulfonamides is 1. The maximum atomic E-state index is 11.1. The van der Waals surface area contributed by atoms with E-state index in [1.807, 2.05) is 6.92 Å². The predicted molar refractivity (Wildman–Crippen MR) is 70.4 cm³/mol. The molecule has 1 aromatic rings. The zero-order valence-corrected chi connectivity index (χ0v) is 11.8. The van der Waals surface area contributed by atoms with Crippen LogP contribution in [0.5, 0.6) is 5.75 Å². The Morgan fingerprint density at radius 3 is 2.65 bits per heavy atom. The van der Waals surface area contributed by atoms with Gasteiger partial charge in [-0.2, -0.15) is 0 Å². The molecular weight excluding hydrogens is 306 g/mol. The van der Waals surface area contributed by atoms with E-state index in [2.05, 4.69) is 22.5 Å². The predicted octanol–water partition coefficient (Wildman–Crippen LogP) is 2.44. The first kappa shape index (κ1) is 14.2. The monoisotopic (exact) mass is 319 g/mol. The molecule has 0 aliphatic carbocycles. The second-order valence-corrected chi connectivity index (χ2v) is 6.11. The maximum Gasteiger partial charge on any atom is 0.238 e. The summed E-state index contributed by atoms with van der Waals surface area (Å²) in [6, 6.07) is 4.41. The van der Waals surface area contributed by atoms with Crippen LogP contribution in [-0.4, -0.2) is 15.0 Å². The van der Waals surface area contributed by atoms with Crippen molar-refractivity contribution in [2.24, 2.45) is 5.14 Å². The molecule has 0 saturated heterocycles. The molecule has 1 aromatic carbocycles. The number of ether oxygens (including phenoxy) is 1. The molecule has 0 bridgehead atoms. The van der Waals surface area contributed by atoms with Crippen LogP contribution in [0.1, 0.15) is 13.3 Å². The van der Waals surface area contributed by atoms with Crippen LogP contribution < -0.4 is 9.88 Å². The Hall–Kier alpha value is -0.850. The zero-order valence-electron chi connectivity index (χ0n) is 9.44. The van der Waals surface area contributed by atoms with Crippen molar-refractivity contribution in [3.63, 3.8) is 0 Å². The number of halogens is 1. The average molecular weight is 320 g/mol. The quantitative estimate of drug-likeness (QED) is 0.847. The fourth-order valence-electron chi connectivity index (χ4n) is 1.11. The fraction of sp³-hybridized carbons (Fsp3) is 0.273. The van der Waals surface area contributed by atoms with Crippen molar-refractivity contribution in [1.82, 2.24) is 0 Å². The minimum atomic E-state index is -3.68. The molecule has 0 aliphatic heterocycles. The Balaban J connectivity index is 2.80. The van der Waals surface area contributed by atoms with Gasteiger partial charge in [-0.15, -0.1) is 6.58 Å².